The predicted octanol–water partition coefficient (Wildman–Crippen LogP) is 3.43. The molecular weight excluding hydrogens is 319 g/mol. The molecule has 0 aromatic heterocycles. The van der Waals surface area contributed by atoms with Crippen molar-refractivity contribution in [2.45, 2.75) is 0 Å². The molecule has 0 saturated carbocycles. The van der Waals surface area contributed by atoms with Crippen LogP contribution in [0.5, 0.6) is 0 Å². The Morgan fingerprint density at radius 1 is 0.875 bits per heavy atom. The van der Waals surface area contributed by atoms with Crippen LogP contribution in [0.4, 0.5) is 0 Å². The first kappa shape index (κ1) is 12.1. The Morgan fingerprint density at radius 2 is 1.44 bits per heavy atom. The van der Waals surface area contributed by atoms with Gasteiger partial charge in [0.2, 0.25) is 0 Å². The first-order valence-corrected chi connectivity index (χ1v) is 11.0. The number of hydrogen-bond donors (Lipinski definition) is 0. The van der Waals surface area contributed by atoms with Crippen LogP contribution in [0.3, 0.4) is 0 Å². The minimum atomic E-state index is -0.0718. The van der Waals surface area contributed by atoms with Gasteiger partial charge in [0.1, 0.15) is 0 Å². The van der Waals surface area contributed by atoms with Crippen LogP contribution in [0, 0.1) is 0 Å². The van der Waals surface area contributed by atoms with Crippen molar-refractivity contribution in [3.8, 4) is 0 Å². The van der Waals surface area contributed by atoms with Crippen LogP contribution in [0.15, 0.2) is 61.2 Å². The van der Waals surface area contributed by atoms with Crippen molar-refractivity contribution in [3.05, 3.63) is 72.3 Å². The van der Waals surface area contributed by atoms with Crippen LogP contribution in [-0.2, 0) is 0 Å². The standard InChI is InChI=1S/C14H11.HI.Mg/c1-12(13-8-4-2-5-9-13)14-10-6-3-7-11-14;;/h2,4-11H,1H2;1H;/q;;+1/p-1. The van der Waals surface area contributed by atoms with E-state index >= 15 is 0 Å². The van der Waals surface area contributed by atoms with Gasteiger partial charge >= 0.3 is 16.5 Å². The highest BCUT2D eigenvalue weighted by molar-refractivity contribution is 14.1. The van der Waals surface area contributed by atoms with Gasteiger partial charge in [0.05, 0.1) is 0 Å². The number of benzene rings is 2. The van der Waals surface area contributed by atoms with E-state index in [4.69, 9.17) is 0 Å². The Kier molecular flexibility index (Phi) is 4.43. The van der Waals surface area contributed by atoms with Gasteiger partial charge in [-0.1, -0.05) is 61.2 Å². The zero-order valence-electron chi connectivity index (χ0n) is 8.99. The van der Waals surface area contributed by atoms with Gasteiger partial charge in [-0.05, 0) is 16.7 Å². The van der Waals surface area contributed by atoms with E-state index in [1.165, 1.54) is 14.8 Å². The van der Waals surface area contributed by atoms with E-state index in [0.29, 0.717) is 0 Å². The lowest BCUT2D eigenvalue weighted by molar-refractivity contribution is 1.57. The molecule has 0 radical (unpaired) electrons. The Bertz CT molecular complexity index is 474. The molecule has 0 N–H and O–H groups in total. The molecular formula is C14H11IMg. The van der Waals surface area contributed by atoms with Gasteiger partial charge in [0.25, 0.3) is 0 Å². The van der Waals surface area contributed by atoms with E-state index in [9.17, 15) is 0 Å². The van der Waals surface area contributed by atoms with E-state index in [2.05, 4.69) is 61.8 Å². The first-order valence-electron chi connectivity index (χ1n) is 5.21. The average Bonchev–Trinajstić information content (AvgIpc) is 2.39. The minimum absolute atomic E-state index is 0.0718. The topological polar surface area (TPSA) is 0 Å². The minimum Gasteiger partial charge on any atom is -0.291 e. The SMILES string of the molecule is C=C(c1ccccc1)c1cc[c]([Mg][I])cc1. The molecule has 0 aliphatic heterocycles. The number of halogens is 1. The number of rotatable bonds is 3. The van der Waals surface area contributed by atoms with E-state index in [1.807, 2.05) is 18.2 Å². The molecule has 0 atom stereocenters. The monoisotopic (exact) mass is 330 g/mol. The van der Waals surface area contributed by atoms with Gasteiger partial charge in [-0.3, -0.25) is 18.9 Å². The predicted molar refractivity (Wildman–Crippen MR) is 80.4 cm³/mol. The van der Waals surface area contributed by atoms with E-state index < -0.39 is 0 Å². The van der Waals surface area contributed by atoms with Gasteiger partial charge in [-0.25, -0.2) is 0 Å². The molecule has 0 heterocycles. The maximum atomic E-state index is 4.16. The quantitative estimate of drug-likeness (QED) is 0.597. The molecule has 16 heavy (non-hydrogen) atoms. The molecule has 0 saturated heterocycles. The van der Waals surface area contributed by atoms with Crippen LogP contribution in [-0.4, -0.2) is 16.5 Å². The smallest absolute Gasteiger partial charge is 0.291 e. The van der Waals surface area contributed by atoms with Crippen LogP contribution in [0.1, 0.15) is 11.1 Å². The molecule has 2 rings (SSSR count). The Labute approximate surface area is 116 Å². The third-order valence-corrected chi connectivity index (χ3v) is 6.00. The molecule has 0 spiro atoms. The Balaban J connectivity index is 2.28. The third kappa shape index (κ3) is 2.87. The fourth-order valence-electron chi connectivity index (χ4n) is 1.60. The van der Waals surface area contributed by atoms with Gasteiger partial charge in [-0.15, -0.1) is 0 Å². The molecule has 0 unspecified atom stereocenters. The average molecular weight is 330 g/mol. The second-order valence-corrected chi connectivity index (χ2v) is 7.05. The molecule has 0 aliphatic carbocycles. The zero-order chi connectivity index (χ0) is 11.4. The van der Waals surface area contributed by atoms with Crippen molar-refractivity contribution in [3.63, 3.8) is 0 Å². The van der Waals surface area contributed by atoms with E-state index in [1.54, 1.807) is 0 Å². The van der Waals surface area contributed by atoms with E-state index in [-0.39, 0.29) is 16.5 Å². The summed E-state index contributed by atoms with van der Waals surface area (Å²) in [6.45, 7) is 4.16. The lowest BCUT2D eigenvalue weighted by Crippen LogP contribution is -2.06. The third-order valence-electron chi connectivity index (χ3n) is 2.58. The summed E-state index contributed by atoms with van der Waals surface area (Å²) in [5.41, 5.74) is 3.51. The van der Waals surface area contributed by atoms with Crippen LogP contribution < -0.4 is 3.69 Å². The van der Waals surface area contributed by atoms with Gasteiger partial charge in [0.15, 0.2) is 0 Å². The molecule has 2 aromatic rings. The number of hydrogen-bond acceptors (Lipinski definition) is 0. The van der Waals surface area contributed by atoms with Gasteiger partial charge in [-0.2, -0.15) is 3.69 Å². The van der Waals surface area contributed by atoms with Crippen molar-refractivity contribution in [1.29, 1.82) is 0 Å². The molecule has 0 bridgehead atoms. The molecule has 2 heteroatoms. The van der Waals surface area contributed by atoms with Crippen molar-refractivity contribution in [2.75, 3.05) is 0 Å². The summed E-state index contributed by atoms with van der Waals surface area (Å²) in [4.78, 5) is 0. The summed E-state index contributed by atoms with van der Waals surface area (Å²) >= 11 is 2.44. The fourth-order valence-corrected chi connectivity index (χ4v) is 3.54. The summed E-state index contributed by atoms with van der Waals surface area (Å²) < 4.78 is 1.49. The molecule has 0 fully saturated rings. The van der Waals surface area contributed by atoms with Crippen molar-refractivity contribution in [1.82, 2.24) is 0 Å². The highest BCUT2D eigenvalue weighted by Crippen LogP contribution is 2.20. The van der Waals surface area contributed by atoms with Gasteiger partial charge < -0.3 is 0 Å². The van der Waals surface area contributed by atoms with Crippen molar-refractivity contribution >= 4 is 44.6 Å². The fraction of sp³-hybridized carbons (Fsp3) is 0. The largest absolute Gasteiger partial charge is 0.502 e. The molecule has 0 aliphatic rings. The lowest BCUT2D eigenvalue weighted by atomic mass is 10.00. The second-order valence-electron chi connectivity index (χ2n) is 3.68. The zero-order valence-corrected chi connectivity index (χ0v) is 12.6. The summed E-state index contributed by atoms with van der Waals surface area (Å²) in [6, 6.07) is 19.1. The van der Waals surface area contributed by atoms with Crippen molar-refractivity contribution in [2.24, 2.45) is 0 Å². The summed E-state index contributed by atoms with van der Waals surface area (Å²) in [5, 5.41) is 0. The lowest BCUT2D eigenvalue weighted by Gasteiger charge is -2.06. The highest BCUT2D eigenvalue weighted by Gasteiger charge is 2.01. The first-order chi connectivity index (χ1) is 7.81. The maximum Gasteiger partial charge on any atom is 0.502 e. The summed E-state index contributed by atoms with van der Waals surface area (Å²) in [5.74, 6) is 0. The molecule has 2 aromatic carbocycles. The summed E-state index contributed by atoms with van der Waals surface area (Å²) in [6.07, 6.45) is 0. The van der Waals surface area contributed by atoms with Crippen molar-refractivity contribution < 1.29 is 0 Å². The van der Waals surface area contributed by atoms with Gasteiger partial charge in [0, 0.05) is 0 Å². The van der Waals surface area contributed by atoms with Crippen LogP contribution >= 0.6 is 18.9 Å². The molecule has 0 amide bonds. The highest BCUT2D eigenvalue weighted by atomic mass is 127. The Morgan fingerprint density at radius 3 is 2.00 bits per heavy atom. The van der Waals surface area contributed by atoms with Crippen LogP contribution in [0.2, 0.25) is 0 Å². The summed E-state index contributed by atoms with van der Waals surface area (Å²) in [7, 11) is 0. The Hall–Kier alpha value is -0.324. The molecule has 0 nitrogen and oxygen atoms in total. The second kappa shape index (κ2) is 5.84. The normalized spacial score (nSPS) is 9.56. The van der Waals surface area contributed by atoms with E-state index in [0.717, 1.165) is 5.57 Å². The molecule has 76 valence electrons. The maximum absolute atomic E-state index is 4.16. The van der Waals surface area contributed by atoms with Crippen LogP contribution in [0.25, 0.3) is 5.57 Å².